The van der Waals surface area contributed by atoms with Gasteiger partial charge in [0.05, 0.1) is 11.6 Å². The van der Waals surface area contributed by atoms with E-state index in [0.717, 1.165) is 23.2 Å². The van der Waals surface area contributed by atoms with E-state index in [0.29, 0.717) is 12.1 Å². The van der Waals surface area contributed by atoms with Crippen LogP contribution >= 0.6 is 0 Å². The van der Waals surface area contributed by atoms with Gasteiger partial charge in [0.1, 0.15) is 0 Å². The zero-order valence-electron chi connectivity index (χ0n) is 15.7. The molecule has 2 aromatic heterocycles. The molecule has 2 aromatic carbocycles. The lowest BCUT2D eigenvalue weighted by molar-refractivity contribution is 0.0691. The number of H-pyrrole nitrogens is 1. The zero-order valence-corrected chi connectivity index (χ0v) is 15.7. The highest BCUT2D eigenvalue weighted by Gasteiger charge is 2.34. The molecule has 5 rings (SSSR count). The molecular formula is C24H21N3O. The predicted molar refractivity (Wildman–Crippen MR) is 110 cm³/mol. The summed E-state index contributed by atoms with van der Waals surface area (Å²) >= 11 is 0. The van der Waals surface area contributed by atoms with Crippen LogP contribution in [0.2, 0.25) is 0 Å². The lowest BCUT2D eigenvalue weighted by Crippen LogP contribution is -2.40. The van der Waals surface area contributed by atoms with E-state index in [2.05, 4.69) is 59.4 Å². The molecule has 0 spiro atoms. The third kappa shape index (κ3) is 2.69. The van der Waals surface area contributed by atoms with Gasteiger partial charge in [-0.1, -0.05) is 48.0 Å². The first-order valence-corrected chi connectivity index (χ1v) is 9.59. The standard InChI is InChI=1S/C24H21N3O/c1-16-8-10-17(11-9-16)23-22-20(19-6-2-3-7-21(19)26-22)12-14-27(23)24(28)18-5-4-13-25-15-18/h2-11,13,15,23,26H,12,14H2,1H3. The molecule has 0 saturated heterocycles. The normalized spacial score (nSPS) is 16.2. The van der Waals surface area contributed by atoms with E-state index in [1.165, 1.54) is 16.5 Å². The molecule has 4 aromatic rings. The largest absolute Gasteiger partial charge is 0.356 e. The number of pyridine rings is 1. The van der Waals surface area contributed by atoms with Gasteiger partial charge in [-0.2, -0.15) is 0 Å². The Balaban J connectivity index is 1.67. The second kappa shape index (κ2) is 6.64. The Morgan fingerprint density at radius 1 is 1.07 bits per heavy atom. The number of rotatable bonds is 2. The van der Waals surface area contributed by atoms with E-state index in [9.17, 15) is 4.79 Å². The molecule has 1 atom stereocenters. The van der Waals surface area contributed by atoms with Gasteiger partial charge in [-0.25, -0.2) is 0 Å². The van der Waals surface area contributed by atoms with Crippen LogP contribution in [0.1, 0.15) is 38.8 Å². The highest BCUT2D eigenvalue weighted by atomic mass is 16.2. The van der Waals surface area contributed by atoms with Crippen molar-refractivity contribution in [3.05, 3.63) is 101 Å². The number of nitrogens with zero attached hydrogens (tertiary/aromatic N) is 2. The van der Waals surface area contributed by atoms with Gasteiger partial charge < -0.3 is 9.88 Å². The Hall–Kier alpha value is -3.40. The number of aryl methyl sites for hydroxylation is 1. The number of fused-ring (bicyclic) bond motifs is 3. The molecule has 28 heavy (non-hydrogen) atoms. The molecule has 0 radical (unpaired) electrons. The summed E-state index contributed by atoms with van der Waals surface area (Å²) < 4.78 is 0. The van der Waals surface area contributed by atoms with Gasteiger partial charge in [0.2, 0.25) is 0 Å². The fourth-order valence-corrected chi connectivity index (χ4v) is 4.21. The molecule has 4 heteroatoms. The van der Waals surface area contributed by atoms with Crippen molar-refractivity contribution in [2.45, 2.75) is 19.4 Å². The number of benzene rings is 2. The monoisotopic (exact) mass is 367 g/mol. The molecule has 0 aliphatic carbocycles. The van der Waals surface area contributed by atoms with Gasteiger partial charge in [-0.05, 0) is 42.7 Å². The number of nitrogens with one attached hydrogen (secondary N) is 1. The average Bonchev–Trinajstić information content (AvgIpc) is 3.13. The van der Waals surface area contributed by atoms with Crippen molar-refractivity contribution in [3.63, 3.8) is 0 Å². The van der Waals surface area contributed by atoms with Crippen molar-refractivity contribution < 1.29 is 4.79 Å². The second-order valence-corrected chi connectivity index (χ2v) is 7.37. The van der Waals surface area contributed by atoms with Crippen LogP contribution in [0.15, 0.2) is 73.1 Å². The molecule has 138 valence electrons. The number of hydrogen-bond acceptors (Lipinski definition) is 2. The van der Waals surface area contributed by atoms with Crippen LogP contribution in [0.25, 0.3) is 10.9 Å². The summed E-state index contributed by atoms with van der Waals surface area (Å²) in [6.07, 6.45) is 4.18. The topological polar surface area (TPSA) is 49.0 Å². The summed E-state index contributed by atoms with van der Waals surface area (Å²) in [7, 11) is 0. The van der Waals surface area contributed by atoms with Crippen LogP contribution in [-0.4, -0.2) is 27.3 Å². The maximum absolute atomic E-state index is 13.3. The minimum Gasteiger partial charge on any atom is -0.356 e. The first-order chi connectivity index (χ1) is 13.7. The van der Waals surface area contributed by atoms with Crippen molar-refractivity contribution in [1.82, 2.24) is 14.9 Å². The van der Waals surface area contributed by atoms with Crippen LogP contribution in [-0.2, 0) is 6.42 Å². The summed E-state index contributed by atoms with van der Waals surface area (Å²) in [4.78, 5) is 23.1. The molecule has 4 nitrogen and oxygen atoms in total. The molecule has 0 fully saturated rings. The molecular weight excluding hydrogens is 346 g/mol. The van der Waals surface area contributed by atoms with E-state index >= 15 is 0 Å². The molecule has 1 N–H and O–H groups in total. The fourth-order valence-electron chi connectivity index (χ4n) is 4.21. The van der Waals surface area contributed by atoms with Crippen LogP contribution in [0, 0.1) is 6.92 Å². The Bertz CT molecular complexity index is 1150. The van der Waals surface area contributed by atoms with Gasteiger partial charge in [0.25, 0.3) is 5.91 Å². The predicted octanol–water partition coefficient (Wildman–Crippen LogP) is 4.66. The van der Waals surface area contributed by atoms with E-state index in [1.807, 2.05) is 23.1 Å². The van der Waals surface area contributed by atoms with Crippen LogP contribution in [0.3, 0.4) is 0 Å². The quantitative estimate of drug-likeness (QED) is 0.560. The van der Waals surface area contributed by atoms with Crippen LogP contribution in [0.5, 0.6) is 0 Å². The van der Waals surface area contributed by atoms with Crippen LogP contribution < -0.4 is 0 Å². The van der Waals surface area contributed by atoms with Crippen molar-refractivity contribution >= 4 is 16.8 Å². The minimum absolute atomic E-state index is 0.0166. The Labute approximate surface area is 163 Å². The van der Waals surface area contributed by atoms with Crippen molar-refractivity contribution in [3.8, 4) is 0 Å². The third-order valence-corrected chi connectivity index (χ3v) is 5.60. The average molecular weight is 367 g/mol. The Morgan fingerprint density at radius 2 is 1.89 bits per heavy atom. The lowest BCUT2D eigenvalue weighted by Gasteiger charge is -2.36. The highest BCUT2D eigenvalue weighted by Crippen LogP contribution is 2.39. The van der Waals surface area contributed by atoms with Crippen molar-refractivity contribution in [2.75, 3.05) is 6.54 Å². The lowest BCUT2D eigenvalue weighted by atomic mass is 9.91. The second-order valence-electron chi connectivity index (χ2n) is 7.37. The molecule has 1 unspecified atom stereocenters. The Morgan fingerprint density at radius 3 is 2.68 bits per heavy atom. The summed E-state index contributed by atoms with van der Waals surface area (Å²) in [6.45, 7) is 2.76. The van der Waals surface area contributed by atoms with Gasteiger partial charge >= 0.3 is 0 Å². The van der Waals surface area contributed by atoms with Gasteiger partial charge in [-0.15, -0.1) is 0 Å². The molecule has 0 saturated carbocycles. The van der Waals surface area contributed by atoms with E-state index in [1.54, 1.807) is 12.4 Å². The Kier molecular flexibility index (Phi) is 3.97. The molecule has 1 amide bonds. The maximum Gasteiger partial charge on any atom is 0.256 e. The summed E-state index contributed by atoms with van der Waals surface area (Å²) in [6, 6.07) is 20.4. The molecule has 1 aliphatic rings. The number of hydrogen-bond donors (Lipinski definition) is 1. The fraction of sp³-hybridized carbons (Fsp3) is 0.167. The molecule has 1 aliphatic heterocycles. The van der Waals surface area contributed by atoms with Crippen molar-refractivity contribution in [1.29, 1.82) is 0 Å². The first kappa shape index (κ1) is 16.8. The number of amides is 1. The zero-order chi connectivity index (χ0) is 19.1. The SMILES string of the molecule is Cc1ccc(C2c3[nH]c4ccccc4c3CCN2C(=O)c2cccnc2)cc1. The summed E-state index contributed by atoms with van der Waals surface area (Å²) in [5.74, 6) is 0.0166. The molecule has 3 heterocycles. The minimum atomic E-state index is -0.135. The third-order valence-electron chi connectivity index (χ3n) is 5.60. The highest BCUT2D eigenvalue weighted by molar-refractivity contribution is 5.95. The number of carbonyl (C=O) groups excluding carboxylic acids is 1. The first-order valence-electron chi connectivity index (χ1n) is 9.59. The van der Waals surface area contributed by atoms with E-state index in [4.69, 9.17) is 0 Å². The van der Waals surface area contributed by atoms with Crippen molar-refractivity contribution in [2.24, 2.45) is 0 Å². The maximum atomic E-state index is 13.3. The number of aromatic nitrogens is 2. The van der Waals surface area contributed by atoms with Gasteiger partial charge in [0, 0.05) is 35.5 Å². The number of aromatic amines is 1. The van der Waals surface area contributed by atoms with Gasteiger partial charge in [-0.3, -0.25) is 9.78 Å². The molecule has 0 bridgehead atoms. The number of para-hydroxylation sites is 1. The number of carbonyl (C=O) groups is 1. The van der Waals surface area contributed by atoms with Crippen LogP contribution in [0.4, 0.5) is 0 Å². The van der Waals surface area contributed by atoms with E-state index < -0.39 is 0 Å². The smallest absolute Gasteiger partial charge is 0.256 e. The summed E-state index contributed by atoms with van der Waals surface area (Å²) in [5.41, 5.74) is 6.52. The van der Waals surface area contributed by atoms with Gasteiger partial charge in [0.15, 0.2) is 0 Å². The van der Waals surface area contributed by atoms with E-state index in [-0.39, 0.29) is 11.9 Å². The summed E-state index contributed by atoms with van der Waals surface area (Å²) in [5, 5.41) is 1.25.